The van der Waals surface area contributed by atoms with Crippen LogP contribution in [-0.4, -0.2) is 23.5 Å². The van der Waals surface area contributed by atoms with Crippen molar-refractivity contribution in [1.82, 2.24) is 4.98 Å². The molecule has 0 spiro atoms. The summed E-state index contributed by atoms with van der Waals surface area (Å²) >= 11 is 1.88. The Labute approximate surface area is 84.1 Å². The summed E-state index contributed by atoms with van der Waals surface area (Å²) in [4.78, 5) is 4.26. The van der Waals surface area contributed by atoms with Crippen LogP contribution in [0.25, 0.3) is 0 Å². The molecule has 0 radical (unpaired) electrons. The zero-order valence-corrected chi connectivity index (χ0v) is 9.03. The highest BCUT2D eigenvalue weighted by Gasteiger charge is 1.91. The van der Waals surface area contributed by atoms with E-state index in [2.05, 4.69) is 22.6 Å². The summed E-state index contributed by atoms with van der Waals surface area (Å²) in [6.07, 6.45) is 5.21. The second-order valence-electron chi connectivity index (χ2n) is 2.99. The lowest BCUT2D eigenvalue weighted by Crippen LogP contribution is -2.03. The number of aryl methyl sites for hydroxylation is 1. The van der Waals surface area contributed by atoms with Gasteiger partial charge < -0.3 is 5.32 Å². The summed E-state index contributed by atoms with van der Waals surface area (Å²) in [5.74, 6) is 2.19. The quantitative estimate of drug-likeness (QED) is 0.733. The Kier molecular flexibility index (Phi) is 4.68. The number of nitrogens with one attached hydrogen (secondary N) is 1. The fourth-order valence-corrected chi connectivity index (χ4v) is 1.44. The molecule has 1 heterocycles. The Hall–Kier alpha value is -0.700. The van der Waals surface area contributed by atoms with Gasteiger partial charge in [0.05, 0.1) is 0 Å². The van der Waals surface area contributed by atoms with Crippen molar-refractivity contribution in [3.63, 3.8) is 0 Å². The molecular formula is C10H16N2S. The van der Waals surface area contributed by atoms with Gasteiger partial charge in [-0.3, -0.25) is 0 Å². The van der Waals surface area contributed by atoms with Crippen LogP contribution in [0.5, 0.6) is 0 Å². The minimum Gasteiger partial charge on any atom is -0.370 e. The van der Waals surface area contributed by atoms with Crippen LogP contribution in [0, 0.1) is 6.92 Å². The molecule has 1 N–H and O–H groups in total. The maximum atomic E-state index is 4.26. The van der Waals surface area contributed by atoms with Crippen molar-refractivity contribution < 1.29 is 0 Å². The highest BCUT2D eigenvalue weighted by Crippen LogP contribution is 2.04. The smallest absolute Gasteiger partial charge is 0.125 e. The first-order valence-corrected chi connectivity index (χ1v) is 5.88. The molecule has 3 heteroatoms. The van der Waals surface area contributed by atoms with Gasteiger partial charge in [0.25, 0.3) is 0 Å². The molecule has 1 aromatic heterocycles. The van der Waals surface area contributed by atoms with E-state index >= 15 is 0 Å². The molecule has 1 aromatic rings. The van der Waals surface area contributed by atoms with Gasteiger partial charge in [-0.15, -0.1) is 0 Å². The lowest BCUT2D eigenvalue weighted by molar-refractivity contribution is 0.981. The molecule has 13 heavy (non-hydrogen) atoms. The van der Waals surface area contributed by atoms with Gasteiger partial charge in [0.1, 0.15) is 5.82 Å². The van der Waals surface area contributed by atoms with Gasteiger partial charge in [-0.25, -0.2) is 4.98 Å². The highest BCUT2D eigenvalue weighted by atomic mass is 32.2. The molecule has 0 aliphatic carbocycles. The normalized spacial score (nSPS) is 10.0. The van der Waals surface area contributed by atoms with Crippen molar-refractivity contribution in [2.45, 2.75) is 13.3 Å². The molecule has 0 bridgehead atoms. The molecule has 0 unspecified atom stereocenters. The van der Waals surface area contributed by atoms with Crippen molar-refractivity contribution in [3.05, 3.63) is 23.9 Å². The van der Waals surface area contributed by atoms with Crippen LogP contribution in [0.3, 0.4) is 0 Å². The van der Waals surface area contributed by atoms with Gasteiger partial charge >= 0.3 is 0 Å². The second kappa shape index (κ2) is 5.86. The van der Waals surface area contributed by atoms with E-state index < -0.39 is 0 Å². The molecule has 0 atom stereocenters. The van der Waals surface area contributed by atoms with Crippen LogP contribution in [0.15, 0.2) is 18.3 Å². The molecule has 0 fully saturated rings. The van der Waals surface area contributed by atoms with Crippen molar-refractivity contribution in [3.8, 4) is 0 Å². The first-order chi connectivity index (χ1) is 6.33. The first kappa shape index (κ1) is 10.4. The lowest BCUT2D eigenvalue weighted by Gasteiger charge is -2.04. The standard InChI is InChI=1S/C10H16N2S/c1-9-4-5-10(12-8-9)11-6-3-7-13-2/h4-5,8H,3,6-7H2,1-2H3,(H,11,12). The van der Waals surface area contributed by atoms with Gasteiger partial charge in [-0.05, 0) is 37.0 Å². The molecule has 0 saturated carbocycles. The van der Waals surface area contributed by atoms with E-state index in [1.54, 1.807) is 0 Å². The van der Waals surface area contributed by atoms with Gasteiger partial charge in [0.2, 0.25) is 0 Å². The predicted octanol–water partition coefficient (Wildman–Crippen LogP) is 2.56. The van der Waals surface area contributed by atoms with Gasteiger partial charge in [-0.1, -0.05) is 6.07 Å². The van der Waals surface area contributed by atoms with Crippen molar-refractivity contribution in [1.29, 1.82) is 0 Å². The SMILES string of the molecule is CSCCCNc1ccc(C)cn1. The maximum absolute atomic E-state index is 4.26. The van der Waals surface area contributed by atoms with Gasteiger partial charge in [0, 0.05) is 12.7 Å². The minimum atomic E-state index is 0.978. The number of anilines is 1. The molecular weight excluding hydrogens is 180 g/mol. The monoisotopic (exact) mass is 196 g/mol. The van der Waals surface area contributed by atoms with Crippen LogP contribution < -0.4 is 5.32 Å². The Balaban J connectivity index is 2.25. The third kappa shape index (κ3) is 4.18. The number of rotatable bonds is 5. The maximum Gasteiger partial charge on any atom is 0.125 e. The van der Waals surface area contributed by atoms with Crippen LogP contribution in [-0.2, 0) is 0 Å². The summed E-state index contributed by atoms with van der Waals surface area (Å²) in [6.45, 7) is 3.06. The van der Waals surface area contributed by atoms with Crippen molar-refractivity contribution in [2.24, 2.45) is 0 Å². The third-order valence-electron chi connectivity index (χ3n) is 1.74. The Morgan fingerprint density at radius 2 is 2.31 bits per heavy atom. The Morgan fingerprint density at radius 1 is 1.46 bits per heavy atom. The minimum absolute atomic E-state index is 0.978. The fraction of sp³-hybridized carbons (Fsp3) is 0.500. The summed E-state index contributed by atoms with van der Waals surface area (Å²) < 4.78 is 0. The number of aromatic nitrogens is 1. The van der Waals surface area contributed by atoms with Gasteiger partial charge in [-0.2, -0.15) is 11.8 Å². The molecule has 72 valence electrons. The van der Waals surface area contributed by atoms with Crippen LogP contribution in [0.2, 0.25) is 0 Å². The van der Waals surface area contributed by atoms with Crippen molar-refractivity contribution in [2.75, 3.05) is 23.9 Å². The average Bonchev–Trinajstić information content (AvgIpc) is 2.15. The fourth-order valence-electron chi connectivity index (χ4n) is 1.01. The summed E-state index contributed by atoms with van der Waals surface area (Å²) in [6, 6.07) is 4.10. The molecule has 0 aromatic carbocycles. The zero-order chi connectivity index (χ0) is 9.52. The summed E-state index contributed by atoms with van der Waals surface area (Å²) in [5.41, 5.74) is 1.20. The summed E-state index contributed by atoms with van der Waals surface area (Å²) in [7, 11) is 0. The van der Waals surface area contributed by atoms with Crippen LogP contribution in [0.4, 0.5) is 5.82 Å². The molecule has 0 amide bonds. The number of nitrogens with zero attached hydrogens (tertiary/aromatic N) is 1. The van der Waals surface area contributed by atoms with Crippen molar-refractivity contribution >= 4 is 17.6 Å². The average molecular weight is 196 g/mol. The van der Waals surface area contributed by atoms with E-state index in [-0.39, 0.29) is 0 Å². The Morgan fingerprint density at radius 3 is 2.92 bits per heavy atom. The molecule has 0 saturated heterocycles. The number of pyridine rings is 1. The number of hydrogen-bond acceptors (Lipinski definition) is 3. The topological polar surface area (TPSA) is 24.9 Å². The molecule has 2 nitrogen and oxygen atoms in total. The molecule has 0 aliphatic heterocycles. The van der Waals surface area contributed by atoms with E-state index in [0.717, 1.165) is 12.4 Å². The van der Waals surface area contributed by atoms with Gasteiger partial charge in [0.15, 0.2) is 0 Å². The second-order valence-corrected chi connectivity index (χ2v) is 3.98. The predicted molar refractivity (Wildman–Crippen MR) is 60.5 cm³/mol. The highest BCUT2D eigenvalue weighted by molar-refractivity contribution is 7.98. The van der Waals surface area contributed by atoms with E-state index in [9.17, 15) is 0 Å². The van der Waals surface area contributed by atoms with E-state index in [1.165, 1.54) is 17.7 Å². The largest absolute Gasteiger partial charge is 0.370 e. The Bertz CT molecular complexity index is 233. The van der Waals surface area contributed by atoms with E-state index in [0.29, 0.717) is 0 Å². The molecule has 0 aliphatic rings. The third-order valence-corrected chi connectivity index (χ3v) is 2.44. The van der Waals surface area contributed by atoms with Crippen LogP contribution >= 0.6 is 11.8 Å². The number of thioether (sulfide) groups is 1. The molecule has 1 rings (SSSR count). The van der Waals surface area contributed by atoms with Crippen LogP contribution in [0.1, 0.15) is 12.0 Å². The van der Waals surface area contributed by atoms with E-state index in [4.69, 9.17) is 0 Å². The first-order valence-electron chi connectivity index (χ1n) is 4.48. The number of hydrogen-bond donors (Lipinski definition) is 1. The summed E-state index contributed by atoms with van der Waals surface area (Å²) in [5, 5.41) is 3.28. The zero-order valence-electron chi connectivity index (χ0n) is 8.21. The van der Waals surface area contributed by atoms with E-state index in [1.807, 2.05) is 30.9 Å². The lowest BCUT2D eigenvalue weighted by atomic mass is 10.3.